The van der Waals surface area contributed by atoms with E-state index in [0.717, 1.165) is 11.3 Å². The summed E-state index contributed by atoms with van der Waals surface area (Å²) in [6.45, 7) is 1.49. The molecule has 0 fully saturated rings. The Balaban J connectivity index is 1.94. The van der Waals surface area contributed by atoms with Crippen molar-refractivity contribution < 1.29 is 32.3 Å². The zero-order chi connectivity index (χ0) is 27.0. The van der Waals surface area contributed by atoms with E-state index in [1.807, 2.05) is 0 Å². The fraction of sp³-hybridized carbons (Fsp3) is 0.391. The number of hydrogen-bond donors (Lipinski definition) is 0. The smallest absolute Gasteiger partial charge is 0.279 e. The molecule has 1 aromatic heterocycles. The van der Waals surface area contributed by atoms with Crippen LogP contribution in [0.3, 0.4) is 0 Å². The van der Waals surface area contributed by atoms with Gasteiger partial charge < -0.3 is 18.8 Å². The van der Waals surface area contributed by atoms with E-state index in [0.29, 0.717) is 28.2 Å². The van der Waals surface area contributed by atoms with Gasteiger partial charge >= 0.3 is 0 Å². The van der Waals surface area contributed by atoms with Crippen molar-refractivity contribution >= 4 is 43.2 Å². The van der Waals surface area contributed by atoms with Crippen LogP contribution < -0.4 is 4.80 Å². The van der Waals surface area contributed by atoms with Crippen molar-refractivity contribution in [3.05, 3.63) is 62.9 Å². The zero-order valence-electron chi connectivity index (χ0n) is 20.7. The minimum absolute atomic E-state index is 0.0283. The molecule has 0 aliphatic carbocycles. The van der Waals surface area contributed by atoms with Crippen LogP contribution in [0.4, 0.5) is 5.69 Å². The Morgan fingerprint density at radius 2 is 1.65 bits per heavy atom. The molecule has 0 radical (unpaired) electrons. The molecular formula is C23H28N4O8S2. The van der Waals surface area contributed by atoms with Gasteiger partial charge in [0.2, 0.25) is 10.0 Å². The molecule has 14 heteroatoms. The summed E-state index contributed by atoms with van der Waals surface area (Å²) in [6.07, 6.45) is 0. The SMILES string of the molecule is COCCN(CCOC)S(=O)(=O)c1ccc(C(=O)N=c2sc3cc([N+](=O)[O-])ccc3n2CCOC)cc1. The van der Waals surface area contributed by atoms with Crippen LogP contribution in [0.25, 0.3) is 10.2 Å². The minimum Gasteiger partial charge on any atom is -0.383 e. The lowest BCUT2D eigenvalue weighted by molar-refractivity contribution is -0.384. The third-order valence-corrected chi connectivity index (χ3v) is 8.38. The van der Waals surface area contributed by atoms with Gasteiger partial charge in [-0.05, 0) is 30.3 Å². The molecule has 200 valence electrons. The highest BCUT2D eigenvalue weighted by atomic mass is 32.2. The summed E-state index contributed by atoms with van der Waals surface area (Å²) in [5.74, 6) is -0.577. The number of carbonyl (C=O) groups excluding carboxylic acids is 1. The lowest BCUT2D eigenvalue weighted by Crippen LogP contribution is -2.36. The number of aromatic nitrogens is 1. The van der Waals surface area contributed by atoms with Crippen LogP contribution in [0.2, 0.25) is 0 Å². The number of nitro benzene ring substituents is 1. The number of rotatable bonds is 13. The summed E-state index contributed by atoms with van der Waals surface area (Å²) < 4.78 is 45.0. The van der Waals surface area contributed by atoms with Gasteiger partial charge in [-0.25, -0.2) is 8.42 Å². The maximum atomic E-state index is 13.1. The highest BCUT2D eigenvalue weighted by Gasteiger charge is 2.24. The Bertz CT molecular complexity index is 1410. The Morgan fingerprint density at radius 3 is 2.22 bits per heavy atom. The number of non-ortho nitro benzene ring substituents is 1. The van der Waals surface area contributed by atoms with Gasteiger partial charge in [-0.1, -0.05) is 11.3 Å². The number of nitrogens with zero attached hydrogens (tertiary/aromatic N) is 4. The third-order valence-electron chi connectivity index (χ3n) is 5.42. The Hall–Kier alpha value is -3.01. The highest BCUT2D eigenvalue weighted by Crippen LogP contribution is 2.23. The van der Waals surface area contributed by atoms with Gasteiger partial charge in [0.05, 0.1) is 39.9 Å². The number of thiazole rings is 1. The fourth-order valence-electron chi connectivity index (χ4n) is 3.47. The number of sulfonamides is 1. The van der Waals surface area contributed by atoms with Crippen molar-refractivity contribution in [2.75, 3.05) is 54.2 Å². The van der Waals surface area contributed by atoms with Crippen molar-refractivity contribution in [1.82, 2.24) is 8.87 Å². The number of benzene rings is 2. The van der Waals surface area contributed by atoms with Crippen molar-refractivity contribution in [3.8, 4) is 0 Å². The van der Waals surface area contributed by atoms with Crippen LogP contribution in [0.15, 0.2) is 52.4 Å². The molecule has 0 aliphatic heterocycles. The maximum Gasteiger partial charge on any atom is 0.279 e. The number of ether oxygens (including phenoxy) is 3. The summed E-state index contributed by atoms with van der Waals surface area (Å²) in [7, 11) is 0.689. The van der Waals surface area contributed by atoms with Gasteiger partial charge in [0.1, 0.15) is 0 Å². The Kier molecular flexibility index (Phi) is 10.0. The van der Waals surface area contributed by atoms with E-state index < -0.39 is 20.9 Å². The van der Waals surface area contributed by atoms with Gasteiger partial charge in [-0.15, -0.1) is 0 Å². The molecule has 0 unspecified atom stereocenters. The fourth-order valence-corrected chi connectivity index (χ4v) is 5.96. The van der Waals surface area contributed by atoms with Gasteiger partial charge in [0.15, 0.2) is 4.80 Å². The average Bonchev–Trinajstić information content (AvgIpc) is 3.23. The lowest BCUT2D eigenvalue weighted by Gasteiger charge is -2.21. The standard InChI is InChI=1S/C23H28N4O8S2/c1-33-13-10-25(11-14-34-2)37(31,32)19-7-4-17(5-8-19)22(28)24-23-26(12-15-35-3)20-9-6-18(27(29)30)16-21(20)36-23/h4-9,16H,10-15H2,1-3H3. The van der Waals surface area contributed by atoms with E-state index in [2.05, 4.69) is 4.99 Å². The van der Waals surface area contributed by atoms with Crippen LogP contribution >= 0.6 is 11.3 Å². The monoisotopic (exact) mass is 552 g/mol. The number of nitro groups is 1. The topological polar surface area (TPSA) is 143 Å². The molecule has 0 atom stereocenters. The quantitative estimate of drug-likeness (QED) is 0.232. The van der Waals surface area contributed by atoms with Crippen molar-refractivity contribution in [2.24, 2.45) is 4.99 Å². The molecule has 1 heterocycles. The molecule has 0 saturated carbocycles. The molecule has 12 nitrogen and oxygen atoms in total. The molecule has 2 aromatic carbocycles. The van der Waals surface area contributed by atoms with Crippen molar-refractivity contribution in [1.29, 1.82) is 0 Å². The maximum absolute atomic E-state index is 13.1. The van der Waals surface area contributed by atoms with Gasteiger partial charge in [-0.3, -0.25) is 14.9 Å². The number of amides is 1. The first-order valence-corrected chi connectivity index (χ1v) is 13.4. The summed E-state index contributed by atoms with van der Waals surface area (Å²) in [4.78, 5) is 28.2. The Labute approximate surface area is 217 Å². The first-order chi connectivity index (χ1) is 17.7. The zero-order valence-corrected chi connectivity index (χ0v) is 22.3. The normalized spacial score (nSPS) is 12.5. The van der Waals surface area contributed by atoms with Crippen LogP contribution in [0, 0.1) is 10.1 Å². The summed E-state index contributed by atoms with van der Waals surface area (Å²) in [5.41, 5.74) is 0.821. The summed E-state index contributed by atoms with van der Waals surface area (Å²) in [6, 6.07) is 9.97. The van der Waals surface area contributed by atoms with Crippen LogP contribution in [-0.4, -0.2) is 82.4 Å². The van der Waals surface area contributed by atoms with E-state index in [4.69, 9.17) is 14.2 Å². The lowest BCUT2D eigenvalue weighted by atomic mass is 10.2. The van der Waals surface area contributed by atoms with Crippen molar-refractivity contribution in [2.45, 2.75) is 11.4 Å². The molecular weight excluding hydrogens is 524 g/mol. The largest absolute Gasteiger partial charge is 0.383 e. The highest BCUT2D eigenvalue weighted by molar-refractivity contribution is 7.89. The molecule has 3 aromatic rings. The number of carbonyl (C=O) groups is 1. The average molecular weight is 553 g/mol. The minimum atomic E-state index is -3.83. The number of fused-ring (bicyclic) bond motifs is 1. The Morgan fingerprint density at radius 1 is 1.03 bits per heavy atom. The molecule has 0 bridgehead atoms. The molecule has 1 amide bonds. The van der Waals surface area contributed by atoms with E-state index in [1.54, 1.807) is 17.7 Å². The second-order valence-electron chi connectivity index (χ2n) is 7.77. The summed E-state index contributed by atoms with van der Waals surface area (Å²) >= 11 is 1.14. The van der Waals surface area contributed by atoms with E-state index in [9.17, 15) is 23.3 Å². The molecule has 0 aliphatic rings. The second kappa shape index (κ2) is 13.0. The van der Waals surface area contributed by atoms with Crippen molar-refractivity contribution in [3.63, 3.8) is 0 Å². The molecule has 0 saturated heterocycles. The van der Waals surface area contributed by atoms with Gasteiger partial charge in [-0.2, -0.15) is 9.30 Å². The predicted molar refractivity (Wildman–Crippen MR) is 137 cm³/mol. The predicted octanol–water partition coefficient (Wildman–Crippen LogP) is 2.28. The number of methoxy groups -OCH3 is 3. The van der Waals surface area contributed by atoms with Gasteiger partial charge in [0, 0.05) is 58.7 Å². The molecule has 3 rings (SSSR count). The number of hydrogen-bond acceptors (Lipinski definition) is 9. The first kappa shape index (κ1) is 28.6. The second-order valence-corrected chi connectivity index (χ2v) is 10.7. The van der Waals surface area contributed by atoms with E-state index in [-0.39, 0.29) is 42.4 Å². The first-order valence-electron chi connectivity index (χ1n) is 11.2. The molecule has 0 N–H and O–H groups in total. The molecule has 0 spiro atoms. The molecule has 37 heavy (non-hydrogen) atoms. The summed E-state index contributed by atoms with van der Waals surface area (Å²) in [5, 5.41) is 11.2. The van der Waals surface area contributed by atoms with Crippen LogP contribution in [-0.2, 0) is 30.8 Å². The van der Waals surface area contributed by atoms with Crippen LogP contribution in [0.1, 0.15) is 10.4 Å². The van der Waals surface area contributed by atoms with Crippen LogP contribution in [0.5, 0.6) is 0 Å². The van der Waals surface area contributed by atoms with Gasteiger partial charge in [0.25, 0.3) is 11.6 Å². The van der Waals surface area contributed by atoms with E-state index in [1.165, 1.54) is 54.9 Å². The van der Waals surface area contributed by atoms with E-state index >= 15 is 0 Å². The third kappa shape index (κ3) is 6.85.